The highest BCUT2D eigenvalue weighted by atomic mass is 16.5. The third-order valence-electron chi connectivity index (χ3n) is 6.90. The lowest BCUT2D eigenvalue weighted by Gasteiger charge is -2.13. The summed E-state index contributed by atoms with van der Waals surface area (Å²) in [5.74, 6) is -1.38. The molecule has 1 aromatic heterocycles. The van der Waals surface area contributed by atoms with Gasteiger partial charge >= 0.3 is 0 Å². The van der Waals surface area contributed by atoms with Crippen LogP contribution in [-0.2, 0) is 0 Å². The summed E-state index contributed by atoms with van der Waals surface area (Å²) in [7, 11) is 0. The molecule has 0 saturated carbocycles. The number of phenolic OH excluding ortho intramolecular Hbond substituents is 4. The number of aromatic hydroxyl groups is 4. The molecule has 3 aromatic rings. The number of phenols is 4. The molecule has 7 nitrogen and oxygen atoms in total. The molecule has 0 unspecified atom stereocenters. The maximum Gasteiger partial charge on any atom is 0.239 e. The van der Waals surface area contributed by atoms with Crippen molar-refractivity contribution in [3.05, 3.63) is 40.6 Å². The van der Waals surface area contributed by atoms with Crippen molar-refractivity contribution >= 4 is 11.0 Å². The Hall–Kier alpha value is -3.35. The second-order valence-corrected chi connectivity index (χ2v) is 10.1. The Labute approximate surface area is 224 Å². The average Bonchev–Trinajstić information content (AvgIpc) is 2.88. The van der Waals surface area contributed by atoms with Crippen LogP contribution in [0, 0.1) is 0 Å². The number of rotatable bonds is 17. The van der Waals surface area contributed by atoms with Gasteiger partial charge < -0.3 is 29.6 Å². The fourth-order valence-electron chi connectivity index (χ4n) is 4.72. The molecule has 0 radical (unpaired) electrons. The van der Waals surface area contributed by atoms with Gasteiger partial charge in [-0.25, -0.2) is 0 Å². The van der Waals surface area contributed by atoms with Crippen LogP contribution in [0.5, 0.6) is 28.7 Å². The van der Waals surface area contributed by atoms with Gasteiger partial charge in [0.1, 0.15) is 22.5 Å². The molecule has 0 aliphatic carbocycles. The minimum atomic E-state index is -0.573. The predicted octanol–water partition coefficient (Wildman–Crippen LogP) is 8.14. The van der Waals surface area contributed by atoms with Crippen molar-refractivity contribution < 1.29 is 29.6 Å². The third kappa shape index (κ3) is 8.33. The molecule has 0 saturated heterocycles. The monoisotopic (exact) mass is 526 g/mol. The summed E-state index contributed by atoms with van der Waals surface area (Å²) in [5.41, 5.74) is -0.270. The minimum absolute atomic E-state index is 0.0149. The van der Waals surface area contributed by atoms with Gasteiger partial charge in [-0.15, -0.1) is 0 Å². The first-order chi connectivity index (χ1) is 18.4. The maximum atomic E-state index is 13.2. The number of fused-ring (bicyclic) bond motifs is 1. The van der Waals surface area contributed by atoms with Crippen LogP contribution in [0.3, 0.4) is 0 Å². The van der Waals surface area contributed by atoms with E-state index in [1.165, 1.54) is 94.9 Å². The molecule has 4 N–H and O–H groups in total. The zero-order valence-electron chi connectivity index (χ0n) is 22.5. The molecular weight excluding hydrogens is 484 g/mol. The number of benzene rings is 2. The van der Waals surface area contributed by atoms with Crippen molar-refractivity contribution in [2.75, 3.05) is 6.61 Å². The molecule has 2 aromatic carbocycles. The normalized spacial score (nSPS) is 11.3. The molecule has 1 heterocycles. The van der Waals surface area contributed by atoms with E-state index in [1.54, 1.807) is 0 Å². The lowest BCUT2D eigenvalue weighted by molar-refractivity contribution is 0.296. The summed E-state index contributed by atoms with van der Waals surface area (Å²) in [6.45, 7) is 2.54. The summed E-state index contributed by atoms with van der Waals surface area (Å²) in [4.78, 5) is 13.2. The van der Waals surface area contributed by atoms with Crippen LogP contribution in [-0.4, -0.2) is 27.0 Å². The lowest BCUT2D eigenvalue weighted by atomic mass is 10.0. The van der Waals surface area contributed by atoms with Crippen LogP contribution in [0.25, 0.3) is 22.3 Å². The van der Waals surface area contributed by atoms with E-state index >= 15 is 0 Å². The summed E-state index contributed by atoms with van der Waals surface area (Å²) in [6.07, 6.45) is 17.3. The third-order valence-corrected chi connectivity index (χ3v) is 6.90. The Morgan fingerprint density at radius 2 is 1.26 bits per heavy atom. The van der Waals surface area contributed by atoms with Gasteiger partial charge in [0.05, 0.1) is 6.61 Å². The first kappa shape index (κ1) is 29.2. The van der Waals surface area contributed by atoms with E-state index in [9.17, 15) is 25.2 Å². The molecule has 38 heavy (non-hydrogen) atoms. The van der Waals surface area contributed by atoms with Gasteiger partial charge in [-0.3, -0.25) is 4.79 Å². The Morgan fingerprint density at radius 3 is 1.84 bits per heavy atom. The van der Waals surface area contributed by atoms with Crippen LogP contribution in [0.2, 0.25) is 0 Å². The van der Waals surface area contributed by atoms with Crippen molar-refractivity contribution in [3.63, 3.8) is 0 Å². The van der Waals surface area contributed by atoms with Crippen LogP contribution in [0.15, 0.2) is 39.5 Å². The molecular formula is C31H42O7. The van der Waals surface area contributed by atoms with Crippen LogP contribution >= 0.6 is 0 Å². The van der Waals surface area contributed by atoms with Crippen molar-refractivity contribution in [3.8, 4) is 40.1 Å². The minimum Gasteiger partial charge on any atom is -0.508 e. The van der Waals surface area contributed by atoms with Gasteiger partial charge in [0.25, 0.3) is 0 Å². The van der Waals surface area contributed by atoms with Crippen LogP contribution in [0.1, 0.15) is 96.8 Å². The van der Waals surface area contributed by atoms with Gasteiger partial charge in [0, 0.05) is 17.7 Å². The van der Waals surface area contributed by atoms with Gasteiger partial charge in [-0.1, -0.05) is 90.4 Å². The number of unbranched alkanes of at least 4 members (excludes halogenated alkanes) is 13. The highest BCUT2D eigenvalue weighted by molar-refractivity contribution is 5.88. The average molecular weight is 527 g/mol. The highest BCUT2D eigenvalue weighted by Gasteiger charge is 2.21. The first-order valence-electron chi connectivity index (χ1n) is 14.1. The van der Waals surface area contributed by atoms with Crippen molar-refractivity contribution in [1.82, 2.24) is 0 Å². The van der Waals surface area contributed by atoms with Gasteiger partial charge in [-0.05, 0) is 24.6 Å². The van der Waals surface area contributed by atoms with Crippen molar-refractivity contribution in [2.45, 2.75) is 96.8 Å². The van der Waals surface area contributed by atoms with E-state index in [4.69, 9.17) is 9.15 Å². The zero-order valence-corrected chi connectivity index (χ0v) is 22.5. The van der Waals surface area contributed by atoms with E-state index in [0.717, 1.165) is 25.3 Å². The predicted molar refractivity (Wildman–Crippen MR) is 150 cm³/mol. The van der Waals surface area contributed by atoms with E-state index in [2.05, 4.69) is 6.92 Å². The van der Waals surface area contributed by atoms with Crippen molar-refractivity contribution in [2.24, 2.45) is 0 Å². The quantitative estimate of drug-likeness (QED) is 0.103. The van der Waals surface area contributed by atoms with Crippen LogP contribution in [0.4, 0.5) is 0 Å². The number of ether oxygens (including phenoxy) is 1. The largest absolute Gasteiger partial charge is 0.508 e. The van der Waals surface area contributed by atoms with E-state index in [0.29, 0.717) is 12.2 Å². The Kier molecular flexibility index (Phi) is 11.7. The van der Waals surface area contributed by atoms with Gasteiger partial charge in [0.2, 0.25) is 11.2 Å². The summed E-state index contributed by atoms with van der Waals surface area (Å²) >= 11 is 0. The molecule has 0 aliphatic heterocycles. The molecule has 3 rings (SSSR count). The SMILES string of the molecule is CCCCCCCCCCCCCCCCOc1c(-c2ccc(O)c(O)c2)oc2cc(O)cc(O)c2c1=O. The Morgan fingerprint density at radius 1 is 0.684 bits per heavy atom. The Bertz CT molecular complexity index is 1220. The molecule has 0 amide bonds. The maximum absolute atomic E-state index is 13.2. The number of hydrogen-bond acceptors (Lipinski definition) is 7. The van der Waals surface area contributed by atoms with Crippen molar-refractivity contribution in [1.29, 1.82) is 0 Å². The fourth-order valence-corrected chi connectivity index (χ4v) is 4.72. The fraction of sp³-hybridized carbons (Fsp3) is 0.516. The molecule has 0 atom stereocenters. The number of hydrogen-bond donors (Lipinski definition) is 4. The standard InChI is InChI=1S/C31H42O7/c1-2-3-4-5-6-7-8-9-10-11-12-13-14-15-18-37-31-29(36)28-26(35)20-23(32)21-27(28)38-30(31)22-16-17-24(33)25(34)19-22/h16-17,19-21,32-35H,2-15,18H2,1H3. The molecule has 208 valence electrons. The van der Waals surface area contributed by atoms with Gasteiger partial charge in [-0.2, -0.15) is 0 Å². The highest BCUT2D eigenvalue weighted by Crippen LogP contribution is 2.38. The zero-order chi connectivity index (χ0) is 27.3. The smallest absolute Gasteiger partial charge is 0.239 e. The first-order valence-corrected chi connectivity index (χ1v) is 14.1. The second kappa shape index (κ2) is 15.2. The molecule has 0 spiro atoms. The van der Waals surface area contributed by atoms with E-state index in [1.807, 2.05) is 0 Å². The Balaban J connectivity index is 1.51. The van der Waals surface area contributed by atoms with E-state index < -0.39 is 11.2 Å². The van der Waals surface area contributed by atoms with Crippen LogP contribution < -0.4 is 10.2 Å². The second-order valence-electron chi connectivity index (χ2n) is 10.1. The molecule has 0 aliphatic rings. The van der Waals surface area contributed by atoms with E-state index in [-0.39, 0.29) is 39.7 Å². The molecule has 0 bridgehead atoms. The lowest BCUT2D eigenvalue weighted by Crippen LogP contribution is -2.11. The summed E-state index contributed by atoms with van der Waals surface area (Å²) in [6, 6.07) is 6.34. The summed E-state index contributed by atoms with van der Waals surface area (Å²) in [5, 5.41) is 39.6. The topological polar surface area (TPSA) is 120 Å². The molecule has 0 fully saturated rings. The van der Waals surface area contributed by atoms with Gasteiger partial charge in [0.15, 0.2) is 17.3 Å². The summed E-state index contributed by atoms with van der Waals surface area (Å²) < 4.78 is 11.7. The molecule has 7 heteroatoms.